The molecule has 0 amide bonds. The van der Waals surface area contributed by atoms with Crippen LogP contribution in [0.4, 0.5) is 0 Å². The highest BCUT2D eigenvalue weighted by Crippen LogP contribution is 2.32. The molecule has 1 aromatic carbocycles. The molecular weight excluding hydrogens is 476 g/mol. The fraction of sp³-hybridized carbons (Fsp3) is 0.259. The fourth-order valence-corrected chi connectivity index (χ4v) is 5.55. The summed E-state index contributed by atoms with van der Waals surface area (Å²) in [5.41, 5.74) is 2.46. The van der Waals surface area contributed by atoms with E-state index in [2.05, 4.69) is 15.0 Å². The number of unbranched alkanes of at least 4 members (excludes halogenated alkanes) is 1. The van der Waals surface area contributed by atoms with Gasteiger partial charge in [-0.1, -0.05) is 31.5 Å². The molecule has 0 spiro atoms. The lowest BCUT2D eigenvalue weighted by Gasteiger charge is -2.23. The second kappa shape index (κ2) is 10.4. The van der Waals surface area contributed by atoms with Gasteiger partial charge in [0.2, 0.25) is 15.7 Å². The molecule has 9 heteroatoms. The first-order chi connectivity index (χ1) is 17.3. The van der Waals surface area contributed by atoms with Crippen LogP contribution in [0.25, 0.3) is 11.1 Å². The molecule has 0 bridgehead atoms. The van der Waals surface area contributed by atoms with Crippen LogP contribution in [-0.4, -0.2) is 33.0 Å². The van der Waals surface area contributed by atoms with E-state index in [1.165, 1.54) is 16.7 Å². The molecule has 0 saturated carbocycles. The Morgan fingerprint density at radius 1 is 1.03 bits per heavy atom. The molecule has 3 heterocycles. The molecule has 186 valence electrons. The van der Waals surface area contributed by atoms with Gasteiger partial charge in [-0.05, 0) is 66.8 Å². The first-order valence-corrected chi connectivity index (χ1v) is 13.2. The number of benzene rings is 1. The van der Waals surface area contributed by atoms with E-state index in [0.29, 0.717) is 12.2 Å². The van der Waals surface area contributed by atoms with Crippen LogP contribution in [0, 0.1) is 6.92 Å². The van der Waals surface area contributed by atoms with Gasteiger partial charge in [0.15, 0.2) is 4.90 Å². The lowest BCUT2D eigenvalue weighted by atomic mass is 10.0. The molecule has 0 fully saturated rings. The monoisotopic (exact) mass is 504 g/mol. The Morgan fingerprint density at radius 2 is 1.75 bits per heavy atom. The van der Waals surface area contributed by atoms with Crippen molar-refractivity contribution < 1.29 is 13.5 Å². The highest BCUT2D eigenvalue weighted by atomic mass is 32.2. The number of rotatable bonds is 8. The molecule has 4 rings (SSSR count). The minimum absolute atomic E-state index is 0.103. The molecule has 1 atom stereocenters. The molecule has 1 unspecified atom stereocenters. The summed E-state index contributed by atoms with van der Waals surface area (Å²) in [6, 6.07) is 11.2. The van der Waals surface area contributed by atoms with Crippen LogP contribution in [-0.2, 0) is 16.3 Å². The predicted octanol–water partition coefficient (Wildman–Crippen LogP) is 4.50. The van der Waals surface area contributed by atoms with Gasteiger partial charge in [0.1, 0.15) is 5.82 Å². The minimum Gasteiger partial charge on any atom is -0.493 e. The van der Waals surface area contributed by atoms with E-state index in [9.17, 15) is 18.3 Å². The van der Waals surface area contributed by atoms with Gasteiger partial charge in [-0.3, -0.25) is 19.3 Å². The summed E-state index contributed by atoms with van der Waals surface area (Å²) in [5, 5.41) is 11.3. The van der Waals surface area contributed by atoms with Gasteiger partial charge in [0, 0.05) is 31.2 Å². The number of aromatic hydroxyl groups is 1. The molecule has 0 aliphatic rings. The van der Waals surface area contributed by atoms with E-state index in [1.54, 1.807) is 49.9 Å². The van der Waals surface area contributed by atoms with E-state index in [4.69, 9.17) is 0 Å². The summed E-state index contributed by atoms with van der Waals surface area (Å²) in [4.78, 5) is 24.5. The number of hydrogen-bond acceptors (Lipinski definition) is 7. The Balaban J connectivity index is 1.84. The highest BCUT2D eigenvalue weighted by molar-refractivity contribution is 7.91. The smallest absolute Gasteiger partial charge is 0.296 e. The summed E-state index contributed by atoms with van der Waals surface area (Å²) in [6.45, 7) is 5.73. The largest absolute Gasteiger partial charge is 0.493 e. The second-order valence-corrected chi connectivity index (χ2v) is 10.5. The maximum Gasteiger partial charge on any atom is 0.296 e. The van der Waals surface area contributed by atoms with E-state index in [1.807, 2.05) is 26.0 Å². The number of nitrogens with zero attached hydrogens (tertiary/aromatic N) is 4. The molecule has 36 heavy (non-hydrogen) atoms. The van der Waals surface area contributed by atoms with Gasteiger partial charge in [-0.25, -0.2) is 8.42 Å². The number of aromatic nitrogens is 4. The summed E-state index contributed by atoms with van der Waals surface area (Å²) in [5.74, 6) is -0.287. The maximum absolute atomic E-state index is 13.6. The van der Waals surface area contributed by atoms with Crippen LogP contribution in [0.1, 0.15) is 49.7 Å². The molecule has 3 aromatic heterocycles. The number of hydrogen-bond donors (Lipinski definition) is 1. The van der Waals surface area contributed by atoms with Crippen LogP contribution < -0.4 is 5.56 Å². The molecule has 0 aliphatic carbocycles. The number of sulfone groups is 1. The average Bonchev–Trinajstić information content (AvgIpc) is 2.87. The molecule has 1 N–H and O–H groups in total. The standard InChI is InChI=1S/C27H28N4O4S/c1-4-5-8-24-30-26(32)25(27(33)31(24)19(3)21-7-6-14-28-17-21)36(34,35)22-11-9-20(10-12-22)23-13-15-29-16-18(23)2/h6-7,9-17,19,33H,4-5,8H2,1-3H3. The van der Waals surface area contributed by atoms with Crippen molar-refractivity contribution in [2.45, 2.75) is 55.9 Å². The van der Waals surface area contributed by atoms with Gasteiger partial charge in [-0.15, -0.1) is 0 Å². The number of pyridine rings is 2. The van der Waals surface area contributed by atoms with Crippen molar-refractivity contribution in [3.63, 3.8) is 0 Å². The van der Waals surface area contributed by atoms with E-state index < -0.39 is 32.2 Å². The molecule has 0 saturated heterocycles. The van der Waals surface area contributed by atoms with Gasteiger partial charge < -0.3 is 5.11 Å². The van der Waals surface area contributed by atoms with Crippen molar-refractivity contribution in [2.24, 2.45) is 0 Å². The topological polar surface area (TPSA) is 115 Å². The third kappa shape index (κ3) is 4.79. The zero-order chi connectivity index (χ0) is 25.9. The Kier molecular flexibility index (Phi) is 7.30. The summed E-state index contributed by atoms with van der Waals surface area (Å²) >= 11 is 0. The van der Waals surface area contributed by atoms with Crippen molar-refractivity contribution in [3.05, 3.63) is 94.6 Å². The van der Waals surface area contributed by atoms with E-state index in [0.717, 1.165) is 35.1 Å². The van der Waals surface area contributed by atoms with E-state index in [-0.39, 0.29) is 4.90 Å². The number of aryl methyl sites for hydroxylation is 2. The Labute approximate surface area is 210 Å². The summed E-state index contributed by atoms with van der Waals surface area (Å²) < 4.78 is 28.6. The van der Waals surface area contributed by atoms with Crippen molar-refractivity contribution in [3.8, 4) is 17.0 Å². The Bertz CT molecular complexity index is 1530. The molecule has 0 aliphatic heterocycles. The predicted molar refractivity (Wildman–Crippen MR) is 137 cm³/mol. The molecular formula is C27H28N4O4S. The Hall–Kier alpha value is -3.85. The van der Waals surface area contributed by atoms with Gasteiger partial charge >= 0.3 is 0 Å². The second-order valence-electron chi connectivity index (χ2n) is 8.64. The van der Waals surface area contributed by atoms with Gasteiger partial charge in [0.05, 0.1) is 10.9 Å². The fourth-order valence-electron chi connectivity index (χ4n) is 4.20. The lowest BCUT2D eigenvalue weighted by molar-refractivity contribution is 0.369. The van der Waals surface area contributed by atoms with Crippen LogP contribution in [0.2, 0.25) is 0 Å². The maximum atomic E-state index is 13.6. The lowest BCUT2D eigenvalue weighted by Crippen LogP contribution is -2.27. The highest BCUT2D eigenvalue weighted by Gasteiger charge is 2.31. The SMILES string of the molecule is CCCCc1nc(=O)c(S(=O)(=O)c2ccc(-c3ccncc3C)cc2)c(O)n1C(C)c1cccnc1. The van der Waals surface area contributed by atoms with Crippen LogP contribution in [0.3, 0.4) is 0 Å². The van der Waals surface area contributed by atoms with Crippen molar-refractivity contribution >= 4 is 9.84 Å². The Morgan fingerprint density at radius 3 is 2.39 bits per heavy atom. The van der Waals surface area contributed by atoms with Gasteiger partial charge in [0.25, 0.3) is 5.56 Å². The first kappa shape index (κ1) is 25.2. The van der Waals surface area contributed by atoms with Crippen LogP contribution >= 0.6 is 0 Å². The summed E-state index contributed by atoms with van der Waals surface area (Å²) in [7, 11) is -4.36. The van der Waals surface area contributed by atoms with Gasteiger partial charge in [-0.2, -0.15) is 4.98 Å². The third-order valence-electron chi connectivity index (χ3n) is 6.21. The van der Waals surface area contributed by atoms with Crippen molar-refractivity contribution in [1.82, 2.24) is 19.5 Å². The first-order valence-electron chi connectivity index (χ1n) is 11.8. The van der Waals surface area contributed by atoms with Crippen molar-refractivity contribution in [2.75, 3.05) is 0 Å². The van der Waals surface area contributed by atoms with Crippen LogP contribution in [0.5, 0.6) is 5.88 Å². The zero-order valence-corrected chi connectivity index (χ0v) is 21.2. The third-order valence-corrected chi connectivity index (χ3v) is 7.99. The van der Waals surface area contributed by atoms with Crippen molar-refractivity contribution in [1.29, 1.82) is 0 Å². The normalized spacial score (nSPS) is 12.4. The zero-order valence-electron chi connectivity index (χ0n) is 20.4. The molecule has 8 nitrogen and oxygen atoms in total. The molecule has 4 aromatic rings. The minimum atomic E-state index is -4.36. The quantitative estimate of drug-likeness (QED) is 0.376. The van der Waals surface area contributed by atoms with E-state index >= 15 is 0 Å². The summed E-state index contributed by atoms with van der Waals surface area (Å²) in [6.07, 6.45) is 8.67. The van der Waals surface area contributed by atoms with Crippen LogP contribution in [0.15, 0.2) is 81.8 Å². The molecule has 0 radical (unpaired) electrons. The average molecular weight is 505 g/mol.